The molecule has 5 amide bonds. The minimum absolute atomic E-state index is 0.00221. The standard InChI is InChI=1S/C35H53F2N7O6/c1-8-20(4)40-33(49)28(45)23(13-10-14-25(36)37)41-32(48)27-22-12-9-11-21(22)18-44(27)34(50)29(35(5,6)7)43-31(47)26(19(2)3)42-30(46)24-17-38-15-16-39-24/h15-17,19-23,25-27,29H,8-14,18H2,1-7H3,(H,40,49)(H,41,48)(H,42,46)(H,43,47)/t20-,21-,22-,23?,26?,27-,29?/m0/s1. The van der Waals surface area contributed by atoms with E-state index in [1.165, 1.54) is 23.5 Å². The zero-order valence-corrected chi connectivity index (χ0v) is 30.1. The summed E-state index contributed by atoms with van der Waals surface area (Å²) < 4.78 is 26.0. The molecule has 3 unspecified atom stereocenters. The molecule has 1 saturated carbocycles. The number of halogens is 2. The normalized spacial score (nSPS) is 21.2. The Kier molecular flexibility index (Phi) is 14.3. The van der Waals surface area contributed by atoms with Gasteiger partial charge in [-0.15, -0.1) is 0 Å². The number of aromatic nitrogens is 2. The highest BCUT2D eigenvalue weighted by molar-refractivity contribution is 6.38. The third-order valence-corrected chi connectivity index (χ3v) is 9.64. The Morgan fingerprint density at radius 3 is 2.24 bits per heavy atom. The van der Waals surface area contributed by atoms with Crippen molar-refractivity contribution in [2.75, 3.05) is 6.54 Å². The molecule has 1 aromatic heterocycles. The van der Waals surface area contributed by atoms with Crippen LogP contribution in [0.5, 0.6) is 0 Å². The molecular formula is C35H53F2N7O6. The van der Waals surface area contributed by atoms with Crippen LogP contribution in [-0.4, -0.2) is 93.4 Å². The molecule has 1 aliphatic heterocycles. The van der Waals surface area contributed by atoms with E-state index in [0.29, 0.717) is 12.8 Å². The minimum Gasteiger partial charge on any atom is -0.347 e. The molecule has 0 bridgehead atoms. The Hall–Kier alpha value is -4.04. The van der Waals surface area contributed by atoms with Crippen molar-refractivity contribution in [2.24, 2.45) is 23.2 Å². The van der Waals surface area contributed by atoms with Gasteiger partial charge >= 0.3 is 0 Å². The van der Waals surface area contributed by atoms with Crippen LogP contribution in [0.3, 0.4) is 0 Å². The molecular weight excluding hydrogens is 652 g/mol. The number of amides is 5. The summed E-state index contributed by atoms with van der Waals surface area (Å²) in [5.41, 5.74) is -0.806. The third-order valence-electron chi connectivity index (χ3n) is 9.64. The van der Waals surface area contributed by atoms with E-state index in [1.54, 1.807) is 41.5 Å². The summed E-state index contributed by atoms with van der Waals surface area (Å²) in [4.78, 5) is 90.4. The molecule has 50 heavy (non-hydrogen) atoms. The summed E-state index contributed by atoms with van der Waals surface area (Å²) >= 11 is 0. The van der Waals surface area contributed by atoms with Crippen molar-refractivity contribution in [1.29, 1.82) is 0 Å². The molecule has 2 heterocycles. The number of fused-ring (bicyclic) bond motifs is 1. The van der Waals surface area contributed by atoms with Crippen LogP contribution in [0.15, 0.2) is 18.6 Å². The van der Waals surface area contributed by atoms with Crippen LogP contribution < -0.4 is 21.3 Å². The van der Waals surface area contributed by atoms with Crippen LogP contribution in [-0.2, 0) is 24.0 Å². The summed E-state index contributed by atoms with van der Waals surface area (Å²) in [5.74, 6) is -4.79. The summed E-state index contributed by atoms with van der Waals surface area (Å²) in [6.45, 7) is 12.6. The molecule has 1 saturated heterocycles. The predicted molar refractivity (Wildman–Crippen MR) is 181 cm³/mol. The summed E-state index contributed by atoms with van der Waals surface area (Å²) in [6, 6.07) is -4.81. The Bertz CT molecular complexity index is 1370. The molecule has 278 valence electrons. The molecule has 4 N–H and O–H groups in total. The van der Waals surface area contributed by atoms with E-state index in [0.717, 1.165) is 12.8 Å². The van der Waals surface area contributed by atoms with Crippen molar-refractivity contribution >= 4 is 35.3 Å². The highest BCUT2D eigenvalue weighted by Crippen LogP contribution is 2.43. The maximum atomic E-state index is 14.5. The van der Waals surface area contributed by atoms with Crippen LogP contribution in [0.4, 0.5) is 8.78 Å². The number of alkyl halides is 2. The summed E-state index contributed by atoms with van der Waals surface area (Å²) in [6.07, 6.45) is 3.49. The molecule has 2 fully saturated rings. The van der Waals surface area contributed by atoms with E-state index >= 15 is 0 Å². The Morgan fingerprint density at radius 2 is 1.66 bits per heavy atom. The lowest BCUT2D eigenvalue weighted by molar-refractivity contribution is -0.146. The van der Waals surface area contributed by atoms with E-state index in [4.69, 9.17) is 0 Å². The van der Waals surface area contributed by atoms with Gasteiger partial charge in [-0.25, -0.2) is 13.8 Å². The zero-order chi connectivity index (χ0) is 37.3. The van der Waals surface area contributed by atoms with E-state index in [2.05, 4.69) is 31.2 Å². The predicted octanol–water partition coefficient (Wildman–Crippen LogP) is 2.79. The molecule has 1 aliphatic carbocycles. The van der Waals surface area contributed by atoms with Gasteiger partial charge in [-0.2, -0.15) is 0 Å². The van der Waals surface area contributed by atoms with Crippen molar-refractivity contribution in [2.45, 2.75) is 130 Å². The first-order chi connectivity index (χ1) is 23.5. The van der Waals surface area contributed by atoms with E-state index in [9.17, 15) is 37.5 Å². The molecule has 15 heteroatoms. The van der Waals surface area contributed by atoms with Gasteiger partial charge in [0.05, 0.1) is 12.2 Å². The van der Waals surface area contributed by atoms with Gasteiger partial charge in [0.15, 0.2) is 0 Å². The van der Waals surface area contributed by atoms with Gasteiger partial charge in [0.1, 0.15) is 23.8 Å². The maximum absolute atomic E-state index is 14.5. The van der Waals surface area contributed by atoms with Gasteiger partial charge in [-0.3, -0.25) is 33.8 Å². The van der Waals surface area contributed by atoms with Gasteiger partial charge < -0.3 is 26.2 Å². The third kappa shape index (κ3) is 10.5. The number of Topliss-reactive ketones (excluding diaryl/α,β-unsaturated/α-hetero) is 1. The number of nitrogens with one attached hydrogen (secondary N) is 4. The van der Waals surface area contributed by atoms with Crippen molar-refractivity contribution in [1.82, 2.24) is 36.1 Å². The smallest absolute Gasteiger partial charge is 0.289 e. The molecule has 13 nitrogen and oxygen atoms in total. The second kappa shape index (κ2) is 17.8. The van der Waals surface area contributed by atoms with Gasteiger partial charge in [0.2, 0.25) is 29.9 Å². The quantitative estimate of drug-likeness (QED) is 0.190. The van der Waals surface area contributed by atoms with Gasteiger partial charge in [-0.1, -0.05) is 48.0 Å². The average Bonchev–Trinajstić information content (AvgIpc) is 3.66. The largest absolute Gasteiger partial charge is 0.347 e. The SMILES string of the molecule is CC[C@H](C)NC(=O)C(=O)C(CCCC(F)F)NC(=O)[C@@H]1[C@H]2CCC[C@H]2CN1C(=O)C(NC(=O)C(NC(=O)c1cnccn1)C(C)C)C(C)(C)C. The minimum atomic E-state index is -2.61. The Morgan fingerprint density at radius 1 is 0.960 bits per heavy atom. The highest BCUT2D eigenvalue weighted by atomic mass is 19.3. The fraction of sp³-hybridized carbons (Fsp3) is 0.714. The van der Waals surface area contributed by atoms with Gasteiger partial charge in [-0.05, 0) is 62.2 Å². The van der Waals surface area contributed by atoms with E-state index in [1.807, 2.05) is 6.92 Å². The second-order valence-corrected chi connectivity index (χ2v) is 14.9. The first-order valence-electron chi connectivity index (χ1n) is 17.6. The number of carbonyl (C=O) groups excluding carboxylic acids is 6. The summed E-state index contributed by atoms with van der Waals surface area (Å²) in [5, 5.41) is 10.8. The molecule has 1 aromatic rings. The van der Waals surface area contributed by atoms with Crippen LogP contribution >= 0.6 is 0 Å². The number of rotatable bonds is 16. The van der Waals surface area contributed by atoms with Gasteiger partial charge in [0.25, 0.3) is 11.8 Å². The molecule has 0 spiro atoms. The number of hydrogen-bond acceptors (Lipinski definition) is 8. The van der Waals surface area contributed by atoms with E-state index in [-0.39, 0.29) is 48.9 Å². The molecule has 0 aromatic carbocycles. The number of ketones is 1. The highest BCUT2D eigenvalue weighted by Gasteiger charge is 2.52. The Labute approximate surface area is 292 Å². The fourth-order valence-electron chi connectivity index (χ4n) is 6.64. The lowest BCUT2D eigenvalue weighted by Crippen LogP contribution is -2.62. The molecule has 0 radical (unpaired) electrons. The first-order valence-corrected chi connectivity index (χ1v) is 17.6. The monoisotopic (exact) mass is 705 g/mol. The van der Waals surface area contributed by atoms with Gasteiger partial charge in [0, 0.05) is 31.4 Å². The maximum Gasteiger partial charge on any atom is 0.289 e. The molecule has 7 atom stereocenters. The van der Waals surface area contributed by atoms with Crippen molar-refractivity contribution in [3.8, 4) is 0 Å². The van der Waals surface area contributed by atoms with Crippen LogP contribution in [0.2, 0.25) is 0 Å². The number of nitrogens with zero attached hydrogens (tertiary/aromatic N) is 3. The topological polar surface area (TPSA) is 180 Å². The Balaban J connectivity index is 1.86. The lowest BCUT2D eigenvalue weighted by atomic mass is 9.85. The second-order valence-electron chi connectivity index (χ2n) is 14.9. The number of likely N-dealkylation sites (tertiary alicyclic amines) is 1. The lowest BCUT2D eigenvalue weighted by Gasteiger charge is -2.37. The van der Waals surface area contributed by atoms with Crippen LogP contribution in [0.1, 0.15) is 104 Å². The van der Waals surface area contributed by atoms with Crippen molar-refractivity contribution in [3.05, 3.63) is 24.3 Å². The first kappa shape index (κ1) is 40.4. The summed E-state index contributed by atoms with van der Waals surface area (Å²) in [7, 11) is 0. The molecule has 3 rings (SSSR count). The van der Waals surface area contributed by atoms with Crippen LogP contribution in [0.25, 0.3) is 0 Å². The molecule has 2 aliphatic rings. The number of carbonyl (C=O) groups is 6. The number of hydrogen-bond donors (Lipinski definition) is 4. The van der Waals surface area contributed by atoms with Crippen molar-refractivity contribution in [3.63, 3.8) is 0 Å². The fourth-order valence-corrected chi connectivity index (χ4v) is 6.64. The average molecular weight is 706 g/mol. The van der Waals surface area contributed by atoms with Crippen molar-refractivity contribution < 1.29 is 37.5 Å². The zero-order valence-electron chi connectivity index (χ0n) is 30.1. The van der Waals surface area contributed by atoms with Crippen LogP contribution in [0, 0.1) is 23.2 Å². The van der Waals surface area contributed by atoms with E-state index < -0.39 is 77.7 Å².